The Labute approximate surface area is 211 Å². The summed E-state index contributed by atoms with van der Waals surface area (Å²) < 4.78 is 36.7. The average molecular weight is 495 g/mol. The lowest BCUT2D eigenvalue weighted by molar-refractivity contribution is -0.329. The van der Waals surface area contributed by atoms with Gasteiger partial charge in [0.1, 0.15) is 35.6 Å². The van der Waals surface area contributed by atoms with E-state index in [1.165, 1.54) is 0 Å². The highest BCUT2D eigenvalue weighted by molar-refractivity contribution is 7.80. The average Bonchev–Trinajstić information content (AvgIpc) is 2.92. The fourth-order valence-corrected chi connectivity index (χ4v) is 4.80. The molecule has 0 amide bonds. The molecule has 2 fully saturated rings. The molecule has 2 heterocycles. The summed E-state index contributed by atoms with van der Waals surface area (Å²) in [5, 5.41) is 0. The van der Waals surface area contributed by atoms with Crippen molar-refractivity contribution >= 4 is 12.6 Å². The van der Waals surface area contributed by atoms with Gasteiger partial charge in [0.25, 0.3) is 0 Å². The van der Waals surface area contributed by atoms with Gasteiger partial charge < -0.3 is 28.4 Å². The van der Waals surface area contributed by atoms with Crippen LogP contribution in [0.1, 0.15) is 23.0 Å². The van der Waals surface area contributed by atoms with E-state index in [4.69, 9.17) is 41.0 Å². The second-order valence-electron chi connectivity index (χ2n) is 8.63. The maximum absolute atomic E-state index is 6.49. The molecule has 6 atom stereocenters. The van der Waals surface area contributed by atoms with Gasteiger partial charge in [-0.3, -0.25) is 0 Å². The third-order valence-corrected chi connectivity index (χ3v) is 6.68. The second-order valence-corrected chi connectivity index (χ2v) is 9.14. The van der Waals surface area contributed by atoms with Crippen molar-refractivity contribution in [3.63, 3.8) is 0 Å². The van der Waals surface area contributed by atoms with Crippen molar-refractivity contribution in [2.75, 3.05) is 13.7 Å². The van der Waals surface area contributed by atoms with Gasteiger partial charge >= 0.3 is 0 Å². The largest absolute Gasteiger partial charge is 0.497 e. The lowest BCUT2D eigenvalue weighted by Crippen LogP contribution is -2.61. The number of thiol groups is 1. The van der Waals surface area contributed by atoms with Gasteiger partial charge in [-0.2, -0.15) is 0 Å². The highest BCUT2D eigenvalue weighted by Crippen LogP contribution is 2.37. The van der Waals surface area contributed by atoms with Crippen molar-refractivity contribution in [3.8, 4) is 5.75 Å². The molecule has 0 bridgehead atoms. The summed E-state index contributed by atoms with van der Waals surface area (Å²) in [6.45, 7) is 1.20. The molecular formula is C28H30O6S. The van der Waals surface area contributed by atoms with Crippen molar-refractivity contribution in [3.05, 3.63) is 102 Å². The summed E-state index contributed by atoms with van der Waals surface area (Å²) >= 11 is 4.72. The summed E-state index contributed by atoms with van der Waals surface area (Å²) in [5.74, 6) is 0.804. The Bertz CT molecular complexity index is 1050. The van der Waals surface area contributed by atoms with Crippen molar-refractivity contribution in [2.24, 2.45) is 0 Å². The van der Waals surface area contributed by atoms with Crippen LogP contribution in [0.3, 0.4) is 0 Å². The number of hydrogen-bond acceptors (Lipinski definition) is 7. The fourth-order valence-electron chi connectivity index (χ4n) is 4.39. The first-order chi connectivity index (χ1) is 17.2. The normalized spacial score (nSPS) is 28.3. The molecule has 0 N–H and O–H groups in total. The summed E-state index contributed by atoms with van der Waals surface area (Å²) in [6, 6.07) is 27.8. The zero-order valence-electron chi connectivity index (χ0n) is 19.6. The molecule has 2 saturated heterocycles. The predicted molar refractivity (Wildman–Crippen MR) is 134 cm³/mol. The zero-order valence-corrected chi connectivity index (χ0v) is 20.5. The van der Waals surface area contributed by atoms with Crippen LogP contribution in [-0.2, 0) is 36.9 Å². The Balaban J connectivity index is 1.36. The predicted octanol–water partition coefficient (Wildman–Crippen LogP) is 4.93. The molecular weight excluding hydrogens is 464 g/mol. The summed E-state index contributed by atoms with van der Waals surface area (Å²) in [4.78, 5) is 0. The Morgan fingerprint density at radius 3 is 2.09 bits per heavy atom. The molecule has 1 unspecified atom stereocenters. The molecule has 2 aliphatic rings. The minimum Gasteiger partial charge on any atom is -0.497 e. The third kappa shape index (κ3) is 5.89. The van der Waals surface area contributed by atoms with Gasteiger partial charge in [0.15, 0.2) is 6.29 Å². The quantitative estimate of drug-likeness (QED) is 0.448. The number of methoxy groups -OCH3 is 1. The fraction of sp³-hybridized carbons (Fsp3) is 0.357. The van der Waals surface area contributed by atoms with Crippen LogP contribution in [0.4, 0.5) is 0 Å². The molecule has 2 aliphatic heterocycles. The maximum Gasteiger partial charge on any atom is 0.184 e. The highest BCUT2D eigenvalue weighted by atomic mass is 32.1. The molecule has 0 aromatic heterocycles. The molecule has 3 aromatic rings. The van der Waals surface area contributed by atoms with Crippen LogP contribution in [0.5, 0.6) is 5.75 Å². The monoisotopic (exact) mass is 494 g/mol. The zero-order chi connectivity index (χ0) is 24.0. The highest BCUT2D eigenvalue weighted by Gasteiger charge is 2.50. The summed E-state index contributed by atoms with van der Waals surface area (Å²) in [5.41, 5.74) is 2.56. The van der Waals surface area contributed by atoms with Crippen LogP contribution in [0, 0.1) is 0 Å². The van der Waals surface area contributed by atoms with Crippen molar-refractivity contribution in [1.82, 2.24) is 0 Å². The first-order valence-corrected chi connectivity index (χ1v) is 12.3. The number of ether oxygens (including phenoxy) is 6. The van der Waals surface area contributed by atoms with Crippen LogP contribution in [-0.4, -0.2) is 43.6 Å². The minimum atomic E-state index is -0.501. The van der Waals surface area contributed by atoms with Gasteiger partial charge in [-0.1, -0.05) is 72.8 Å². The second kappa shape index (κ2) is 11.6. The van der Waals surface area contributed by atoms with Gasteiger partial charge in [-0.05, 0) is 23.3 Å². The van der Waals surface area contributed by atoms with Crippen LogP contribution in [0.25, 0.3) is 0 Å². The van der Waals surface area contributed by atoms with E-state index < -0.39 is 23.9 Å². The molecule has 7 heteroatoms. The van der Waals surface area contributed by atoms with Crippen LogP contribution >= 0.6 is 12.6 Å². The lowest BCUT2D eigenvalue weighted by atomic mass is 9.98. The van der Waals surface area contributed by atoms with E-state index in [9.17, 15) is 0 Å². The molecule has 0 spiro atoms. The maximum atomic E-state index is 6.49. The summed E-state index contributed by atoms with van der Waals surface area (Å²) in [7, 11) is 1.65. The molecule has 0 aliphatic carbocycles. The number of hydrogen-bond donors (Lipinski definition) is 1. The van der Waals surface area contributed by atoms with E-state index in [1.54, 1.807) is 7.11 Å². The van der Waals surface area contributed by atoms with Crippen molar-refractivity contribution in [1.29, 1.82) is 0 Å². The molecule has 5 rings (SSSR count). The van der Waals surface area contributed by atoms with Gasteiger partial charge in [0.05, 0.1) is 26.9 Å². The van der Waals surface area contributed by atoms with Crippen LogP contribution < -0.4 is 4.74 Å². The first-order valence-electron chi connectivity index (χ1n) is 11.8. The Morgan fingerprint density at radius 2 is 1.40 bits per heavy atom. The van der Waals surface area contributed by atoms with Crippen molar-refractivity contribution < 1.29 is 28.4 Å². The van der Waals surface area contributed by atoms with Gasteiger partial charge in [0, 0.05) is 5.56 Å². The Kier molecular flexibility index (Phi) is 8.03. The van der Waals surface area contributed by atoms with Gasteiger partial charge in [0.2, 0.25) is 0 Å². The number of fused-ring (bicyclic) bond motifs is 1. The lowest BCUT2D eigenvalue weighted by Gasteiger charge is -2.48. The van der Waals surface area contributed by atoms with Gasteiger partial charge in [-0.15, -0.1) is 12.6 Å². The van der Waals surface area contributed by atoms with E-state index in [0.29, 0.717) is 19.8 Å². The topological polar surface area (TPSA) is 55.4 Å². The van der Waals surface area contributed by atoms with E-state index in [-0.39, 0.29) is 12.2 Å². The standard InChI is InChI=1S/C28H30O6S/c1-29-22-14-12-20(13-15-22)17-30-25-24-23(18-32-27(34-24)21-10-6-3-7-11-21)33-28(35)26(25)31-16-19-8-4-2-5-9-19/h2-15,23-28,35H,16-18H2,1H3/t23-,24-,25+,26-,27?,28-/m1/s1. The first kappa shape index (κ1) is 24.3. The SMILES string of the molecule is COc1ccc(CO[C@@H]2[C@@H](OCc3ccccc3)[C@@H](S)O[C@@H]3COC(c4ccccc4)O[C@@H]23)cc1. The molecule has 0 saturated carbocycles. The van der Waals surface area contributed by atoms with Crippen LogP contribution in [0.15, 0.2) is 84.9 Å². The Hall–Kier alpha value is -2.39. The molecule has 3 aromatic carbocycles. The van der Waals surface area contributed by atoms with Crippen molar-refractivity contribution in [2.45, 2.75) is 49.4 Å². The molecule has 184 valence electrons. The van der Waals surface area contributed by atoms with E-state index in [0.717, 1.165) is 22.4 Å². The number of rotatable bonds is 8. The third-order valence-electron chi connectivity index (χ3n) is 6.26. The number of benzene rings is 3. The molecule has 0 radical (unpaired) electrons. The molecule has 35 heavy (non-hydrogen) atoms. The van der Waals surface area contributed by atoms with Gasteiger partial charge in [-0.25, -0.2) is 0 Å². The summed E-state index contributed by atoms with van der Waals surface area (Å²) in [6.07, 6.45) is -2.03. The van der Waals surface area contributed by atoms with E-state index in [2.05, 4.69) is 0 Å². The van der Waals surface area contributed by atoms with Crippen LogP contribution in [0.2, 0.25) is 0 Å². The minimum absolute atomic E-state index is 0.310. The van der Waals surface area contributed by atoms with E-state index >= 15 is 0 Å². The molecule has 6 nitrogen and oxygen atoms in total. The van der Waals surface area contributed by atoms with E-state index in [1.807, 2.05) is 84.9 Å². The Morgan fingerprint density at radius 1 is 0.771 bits per heavy atom. The smallest absolute Gasteiger partial charge is 0.184 e.